The lowest BCUT2D eigenvalue weighted by Gasteiger charge is -2.32. The van der Waals surface area contributed by atoms with Gasteiger partial charge >= 0.3 is 0 Å². The molecular weight excluding hydrogens is 428 g/mol. The van der Waals surface area contributed by atoms with E-state index in [1.165, 1.54) is 11.1 Å². The molecule has 0 bridgehead atoms. The number of hydrogen-bond acceptors (Lipinski definition) is 3. The predicted octanol–water partition coefficient (Wildman–Crippen LogP) is 5.74. The Morgan fingerprint density at radius 3 is 1.74 bits per heavy atom. The van der Waals surface area contributed by atoms with Crippen LogP contribution in [0.4, 0.5) is 0 Å². The van der Waals surface area contributed by atoms with Crippen LogP contribution in [0.25, 0.3) is 0 Å². The van der Waals surface area contributed by atoms with E-state index in [1.54, 1.807) is 0 Å². The van der Waals surface area contributed by atoms with Crippen LogP contribution in [0.3, 0.4) is 0 Å². The van der Waals surface area contributed by atoms with Crippen molar-refractivity contribution in [2.24, 2.45) is 5.73 Å². The zero-order chi connectivity index (χ0) is 24.3. The van der Waals surface area contributed by atoms with Crippen LogP contribution in [0.1, 0.15) is 30.4 Å². The molecule has 3 heteroatoms. The van der Waals surface area contributed by atoms with Crippen molar-refractivity contribution in [3.8, 4) is 0 Å². The monoisotopic (exact) mass is 458 g/mol. The van der Waals surface area contributed by atoms with Gasteiger partial charge in [-0.2, -0.15) is 0 Å². The summed E-state index contributed by atoms with van der Waals surface area (Å²) in [4.78, 5) is 16.1. The molecule has 0 aliphatic heterocycles. The molecule has 0 radical (unpaired) electrons. The summed E-state index contributed by atoms with van der Waals surface area (Å²) in [6, 6.07) is 20.1. The van der Waals surface area contributed by atoms with E-state index >= 15 is 0 Å². The first-order valence-corrected chi connectivity index (χ1v) is 12.0. The maximum atomic E-state index is 13.8. The number of carbonyl (C=O) groups is 1. The molecule has 3 nitrogen and oxygen atoms in total. The summed E-state index contributed by atoms with van der Waals surface area (Å²) in [6.07, 6.45) is 13.0. The van der Waals surface area contributed by atoms with Crippen LogP contribution < -0.4 is 5.73 Å². The SMILES string of the molecule is N[C@H](CC(=O)[C@H](CC1=CC=C=C=C1)N(Cc1ccccc1)Cc1ccccc1)CC1=CC=C=C=C1. The molecule has 0 saturated heterocycles. The maximum Gasteiger partial charge on any atom is 0.151 e. The minimum absolute atomic E-state index is 0.156. The fourth-order valence-corrected chi connectivity index (χ4v) is 4.36. The van der Waals surface area contributed by atoms with Crippen molar-refractivity contribution < 1.29 is 4.79 Å². The molecule has 0 unspecified atom stereocenters. The Morgan fingerprint density at radius 1 is 0.743 bits per heavy atom. The van der Waals surface area contributed by atoms with Gasteiger partial charge in [0.15, 0.2) is 5.78 Å². The van der Waals surface area contributed by atoms with Crippen molar-refractivity contribution in [3.63, 3.8) is 0 Å². The molecule has 2 aromatic carbocycles. The minimum atomic E-state index is -0.312. The highest BCUT2D eigenvalue weighted by atomic mass is 16.1. The number of nitrogens with zero attached hydrogens (tertiary/aromatic N) is 1. The smallest absolute Gasteiger partial charge is 0.151 e. The van der Waals surface area contributed by atoms with E-state index in [0.717, 1.165) is 11.1 Å². The Kier molecular flexibility index (Phi) is 8.68. The van der Waals surface area contributed by atoms with Gasteiger partial charge in [-0.1, -0.05) is 83.6 Å². The van der Waals surface area contributed by atoms with Crippen LogP contribution in [0.5, 0.6) is 0 Å². The molecule has 2 atom stereocenters. The van der Waals surface area contributed by atoms with Crippen molar-refractivity contribution in [1.82, 2.24) is 4.90 Å². The first-order chi connectivity index (χ1) is 17.2. The molecule has 2 aliphatic carbocycles. The van der Waals surface area contributed by atoms with Gasteiger partial charge in [-0.3, -0.25) is 9.69 Å². The lowest BCUT2D eigenvalue weighted by Crippen LogP contribution is -2.43. The topological polar surface area (TPSA) is 46.3 Å². The van der Waals surface area contributed by atoms with Gasteiger partial charge in [0.1, 0.15) is 0 Å². The molecule has 0 saturated carbocycles. The highest BCUT2D eigenvalue weighted by molar-refractivity contribution is 5.85. The Morgan fingerprint density at radius 2 is 1.26 bits per heavy atom. The normalized spacial score (nSPS) is 15.3. The largest absolute Gasteiger partial charge is 0.327 e. The third kappa shape index (κ3) is 7.56. The molecule has 174 valence electrons. The number of carbonyl (C=O) groups excluding carboxylic acids is 1. The lowest BCUT2D eigenvalue weighted by molar-refractivity contribution is -0.125. The van der Waals surface area contributed by atoms with Crippen molar-refractivity contribution in [2.45, 2.75) is 44.4 Å². The summed E-state index contributed by atoms with van der Waals surface area (Å²) < 4.78 is 0. The van der Waals surface area contributed by atoms with Crippen LogP contribution in [-0.2, 0) is 17.9 Å². The summed E-state index contributed by atoms with van der Waals surface area (Å²) in [5.41, 5.74) is 22.8. The van der Waals surface area contributed by atoms with E-state index in [0.29, 0.717) is 32.4 Å². The molecule has 4 rings (SSSR count). The van der Waals surface area contributed by atoms with E-state index < -0.39 is 0 Å². The van der Waals surface area contributed by atoms with Gasteiger partial charge in [-0.15, -0.1) is 0 Å². The molecule has 2 aromatic rings. The summed E-state index contributed by atoms with van der Waals surface area (Å²) in [6.45, 7) is 1.35. The van der Waals surface area contributed by atoms with Crippen molar-refractivity contribution in [1.29, 1.82) is 0 Å². The number of ketones is 1. The van der Waals surface area contributed by atoms with Crippen LogP contribution in [0, 0.1) is 0 Å². The summed E-state index contributed by atoms with van der Waals surface area (Å²) in [5.74, 6) is 0.156. The molecule has 0 spiro atoms. The molecule has 2 aliphatic rings. The van der Waals surface area contributed by atoms with Gasteiger partial charge < -0.3 is 5.73 Å². The number of rotatable bonds is 12. The van der Waals surface area contributed by atoms with E-state index in [2.05, 4.69) is 52.1 Å². The minimum Gasteiger partial charge on any atom is -0.327 e. The van der Waals surface area contributed by atoms with E-state index in [1.807, 2.05) is 72.9 Å². The quantitative estimate of drug-likeness (QED) is 0.413. The van der Waals surface area contributed by atoms with Crippen LogP contribution in [-0.4, -0.2) is 22.8 Å². The van der Waals surface area contributed by atoms with Gasteiger partial charge in [0, 0.05) is 25.6 Å². The molecular formula is C32H30N2O. The third-order valence-electron chi connectivity index (χ3n) is 6.10. The fourth-order valence-electron chi connectivity index (χ4n) is 4.36. The van der Waals surface area contributed by atoms with Crippen molar-refractivity contribution in [2.75, 3.05) is 0 Å². The van der Waals surface area contributed by atoms with Crippen LogP contribution >= 0.6 is 0 Å². The van der Waals surface area contributed by atoms with E-state index in [4.69, 9.17) is 5.73 Å². The second-order valence-corrected chi connectivity index (χ2v) is 8.91. The third-order valence-corrected chi connectivity index (χ3v) is 6.10. The molecule has 35 heavy (non-hydrogen) atoms. The number of nitrogens with two attached hydrogens (primary N) is 1. The summed E-state index contributed by atoms with van der Waals surface area (Å²) >= 11 is 0. The molecule has 0 aromatic heterocycles. The van der Waals surface area contributed by atoms with Crippen LogP contribution in [0.2, 0.25) is 0 Å². The Hall–Kier alpha value is -3.89. The zero-order valence-corrected chi connectivity index (χ0v) is 19.9. The second-order valence-electron chi connectivity index (χ2n) is 8.91. The van der Waals surface area contributed by atoms with Gasteiger partial charge in [0.25, 0.3) is 0 Å². The lowest BCUT2D eigenvalue weighted by atomic mass is 9.92. The van der Waals surface area contributed by atoms with Gasteiger partial charge in [-0.25, -0.2) is 0 Å². The number of allylic oxidation sites excluding steroid dienone is 6. The first kappa shape index (κ1) is 24.2. The fraction of sp³-hybridized carbons (Fsp3) is 0.219. The first-order valence-electron chi connectivity index (χ1n) is 12.0. The average Bonchev–Trinajstić information content (AvgIpc) is 2.89. The predicted molar refractivity (Wildman–Crippen MR) is 141 cm³/mol. The molecule has 0 fully saturated rings. The van der Waals surface area contributed by atoms with Gasteiger partial charge in [0.2, 0.25) is 0 Å². The highest BCUT2D eigenvalue weighted by Gasteiger charge is 2.28. The number of hydrogen-bond donors (Lipinski definition) is 1. The second kappa shape index (κ2) is 12.5. The highest BCUT2D eigenvalue weighted by Crippen LogP contribution is 2.23. The average molecular weight is 459 g/mol. The zero-order valence-electron chi connectivity index (χ0n) is 19.9. The van der Waals surface area contributed by atoms with Crippen molar-refractivity contribution >= 4 is 5.78 Å². The van der Waals surface area contributed by atoms with E-state index in [9.17, 15) is 4.79 Å². The Balaban J connectivity index is 1.58. The van der Waals surface area contributed by atoms with E-state index in [-0.39, 0.29) is 17.9 Å². The number of benzene rings is 2. The van der Waals surface area contributed by atoms with Gasteiger partial charge in [-0.05, 0) is 71.6 Å². The summed E-state index contributed by atoms with van der Waals surface area (Å²) in [5, 5.41) is 0. The summed E-state index contributed by atoms with van der Waals surface area (Å²) in [7, 11) is 0. The van der Waals surface area contributed by atoms with Crippen LogP contribution in [0.15, 0.2) is 131 Å². The molecule has 2 N–H and O–H groups in total. The van der Waals surface area contributed by atoms with Gasteiger partial charge in [0.05, 0.1) is 6.04 Å². The van der Waals surface area contributed by atoms with Crippen molar-refractivity contribution in [3.05, 3.63) is 142 Å². The molecule has 0 amide bonds. The Bertz CT molecular complexity index is 1250. The molecule has 0 heterocycles. The maximum absolute atomic E-state index is 13.8. The Labute approximate surface area is 208 Å². The standard InChI is InChI=1S/C32H30N2O/c33-30(21-26-13-5-1-6-14-26)23-32(35)31(22-27-15-7-2-8-16-27)34(24-28-17-9-3-10-18-28)25-29-19-11-4-12-20-29/h3-5,7,9-20,30-31H,21-25,33H2/t30-,31-/m0/s1. The number of Topliss-reactive ketones (excluding diaryl/α,β-unsaturated/α-hetero) is 1.